The number of ether oxygens (including phenoxy) is 2. The normalized spacial score (nSPS) is 18.4. The van der Waals surface area contributed by atoms with E-state index in [-0.39, 0.29) is 11.9 Å². The van der Waals surface area contributed by atoms with Crippen molar-refractivity contribution in [2.24, 2.45) is 0 Å². The van der Waals surface area contributed by atoms with E-state index in [2.05, 4.69) is 52.5 Å². The number of carbonyl (C=O) groups is 1. The van der Waals surface area contributed by atoms with Crippen LogP contribution in [0.3, 0.4) is 0 Å². The molecule has 0 fully saturated rings. The molecule has 1 aliphatic heterocycles. The summed E-state index contributed by atoms with van der Waals surface area (Å²) in [7, 11) is 0. The molecule has 35 heavy (non-hydrogen) atoms. The van der Waals surface area contributed by atoms with Crippen LogP contribution in [-0.2, 0) is 17.7 Å². The molecule has 2 aromatic carbocycles. The summed E-state index contributed by atoms with van der Waals surface area (Å²) in [6.45, 7) is 5.92. The van der Waals surface area contributed by atoms with Crippen LogP contribution in [0.4, 0.5) is 0 Å². The van der Waals surface area contributed by atoms with Gasteiger partial charge in [0.25, 0.3) is 5.91 Å². The molecule has 1 amide bonds. The number of hydrogen-bond donors (Lipinski definition) is 1. The van der Waals surface area contributed by atoms with Crippen LogP contribution in [-0.4, -0.2) is 54.7 Å². The lowest BCUT2D eigenvalue weighted by molar-refractivity contribution is 0.0908. The highest BCUT2D eigenvalue weighted by Gasteiger charge is 2.23. The minimum absolute atomic E-state index is 0.112. The summed E-state index contributed by atoms with van der Waals surface area (Å²) in [4.78, 5) is 19.9. The second-order valence-corrected chi connectivity index (χ2v) is 8.96. The Morgan fingerprint density at radius 1 is 1.00 bits per heavy atom. The first kappa shape index (κ1) is 24.9. The Hall–Kier alpha value is -3.22. The molecular formula is C29H35N3O3. The molecule has 0 saturated carbocycles. The number of nitrogens with one attached hydrogen (secondary N) is 1. The van der Waals surface area contributed by atoms with Crippen molar-refractivity contribution in [1.82, 2.24) is 15.2 Å². The summed E-state index contributed by atoms with van der Waals surface area (Å²) in [5.74, 6) is 0.465. The van der Waals surface area contributed by atoms with E-state index in [1.54, 1.807) is 0 Å². The van der Waals surface area contributed by atoms with Crippen molar-refractivity contribution < 1.29 is 14.3 Å². The first-order chi connectivity index (χ1) is 17.2. The van der Waals surface area contributed by atoms with Crippen molar-refractivity contribution in [3.8, 4) is 5.75 Å². The number of carbonyl (C=O) groups excluding carboxylic acids is 1. The molecule has 0 spiro atoms. The molecule has 184 valence electrons. The van der Waals surface area contributed by atoms with Crippen molar-refractivity contribution in [3.05, 3.63) is 95.3 Å². The molecule has 0 radical (unpaired) electrons. The monoisotopic (exact) mass is 473 g/mol. The Balaban J connectivity index is 1.63. The van der Waals surface area contributed by atoms with E-state index in [1.807, 2.05) is 42.6 Å². The fourth-order valence-electron chi connectivity index (χ4n) is 4.37. The number of fused-ring (bicyclic) bond motifs is 1. The molecule has 0 unspecified atom stereocenters. The van der Waals surface area contributed by atoms with Crippen LogP contribution in [0.5, 0.6) is 5.75 Å². The third-order valence-electron chi connectivity index (χ3n) is 6.38. The zero-order valence-electron chi connectivity index (χ0n) is 20.5. The maximum Gasteiger partial charge on any atom is 0.255 e. The fraction of sp³-hybridized carbons (Fsp3) is 0.379. The Morgan fingerprint density at radius 2 is 1.83 bits per heavy atom. The van der Waals surface area contributed by atoms with Gasteiger partial charge in [-0.1, -0.05) is 48.5 Å². The van der Waals surface area contributed by atoms with Crippen LogP contribution in [0.25, 0.3) is 0 Å². The number of para-hydroxylation sites is 1. The Labute approximate surface area is 208 Å². The number of amides is 1. The van der Waals surface area contributed by atoms with Gasteiger partial charge in [0.1, 0.15) is 12.4 Å². The fourth-order valence-corrected chi connectivity index (χ4v) is 4.37. The molecule has 4 rings (SSSR count). The third kappa shape index (κ3) is 7.38. The molecule has 6 nitrogen and oxygen atoms in total. The number of pyridine rings is 1. The quantitative estimate of drug-likeness (QED) is 0.608. The molecule has 3 aromatic rings. The zero-order chi connectivity index (χ0) is 24.3. The van der Waals surface area contributed by atoms with Crippen LogP contribution in [0.15, 0.2) is 72.9 Å². The lowest BCUT2D eigenvalue weighted by Crippen LogP contribution is -2.42. The van der Waals surface area contributed by atoms with Crippen LogP contribution in [0.2, 0.25) is 0 Å². The lowest BCUT2D eigenvalue weighted by atomic mass is 10.0. The zero-order valence-corrected chi connectivity index (χ0v) is 20.5. The summed E-state index contributed by atoms with van der Waals surface area (Å²) in [5.41, 5.74) is 4.08. The van der Waals surface area contributed by atoms with Crippen molar-refractivity contribution in [1.29, 1.82) is 0 Å². The Morgan fingerprint density at radius 3 is 2.69 bits per heavy atom. The molecule has 0 aliphatic carbocycles. The lowest BCUT2D eigenvalue weighted by Gasteiger charge is -2.32. The SMILES string of the molecule is Cc1cccnc1CN1CCCCOCCNC(=O)c2ccccc2OC[C@@H]1Cc1ccccc1. The maximum absolute atomic E-state index is 12.8. The number of benzene rings is 2. The minimum atomic E-state index is -0.139. The summed E-state index contributed by atoms with van der Waals surface area (Å²) >= 11 is 0. The summed E-state index contributed by atoms with van der Waals surface area (Å²) < 4.78 is 12.1. The molecule has 6 heteroatoms. The molecule has 1 atom stereocenters. The first-order valence-electron chi connectivity index (χ1n) is 12.5. The van der Waals surface area contributed by atoms with Gasteiger partial charge in [-0.15, -0.1) is 0 Å². The second-order valence-electron chi connectivity index (χ2n) is 8.96. The summed E-state index contributed by atoms with van der Waals surface area (Å²) in [6.07, 6.45) is 4.68. The molecule has 1 aliphatic rings. The van der Waals surface area contributed by atoms with E-state index in [0.717, 1.165) is 38.0 Å². The number of hydrogen-bond acceptors (Lipinski definition) is 5. The van der Waals surface area contributed by atoms with Gasteiger partial charge in [-0.25, -0.2) is 0 Å². The van der Waals surface area contributed by atoms with Crippen molar-refractivity contribution in [2.45, 2.75) is 38.8 Å². The first-order valence-corrected chi connectivity index (χ1v) is 12.5. The average molecular weight is 474 g/mol. The molecule has 1 aromatic heterocycles. The largest absolute Gasteiger partial charge is 0.491 e. The Bertz CT molecular complexity index is 1070. The third-order valence-corrected chi connectivity index (χ3v) is 6.38. The van der Waals surface area contributed by atoms with Crippen molar-refractivity contribution in [2.75, 3.05) is 32.9 Å². The molecule has 1 N–H and O–H groups in total. The van der Waals surface area contributed by atoms with Crippen LogP contribution < -0.4 is 10.1 Å². The molecule has 0 saturated heterocycles. The van der Waals surface area contributed by atoms with Gasteiger partial charge in [-0.05, 0) is 62.1 Å². The minimum Gasteiger partial charge on any atom is -0.491 e. The van der Waals surface area contributed by atoms with Gasteiger partial charge in [-0.2, -0.15) is 0 Å². The summed E-state index contributed by atoms with van der Waals surface area (Å²) in [6, 6.07) is 22.2. The number of rotatable bonds is 4. The van der Waals surface area contributed by atoms with E-state index < -0.39 is 0 Å². The van der Waals surface area contributed by atoms with E-state index in [9.17, 15) is 4.79 Å². The highest BCUT2D eigenvalue weighted by Crippen LogP contribution is 2.21. The van der Waals surface area contributed by atoms with Gasteiger partial charge >= 0.3 is 0 Å². The van der Waals surface area contributed by atoms with E-state index in [1.165, 1.54) is 11.1 Å². The van der Waals surface area contributed by atoms with Crippen LogP contribution in [0, 0.1) is 6.92 Å². The van der Waals surface area contributed by atoms with E-state index >= 15 is 0 Å². The van der Waals surface area contributed by atoms with Gasteiger partial charge in [0.2, 0.25) is 0 Å². The number of nitrogens with zero attached hydrogens (tertiary/aromatic N) is 2. The molecular weight excluding hydrogens is 438 g/mol. The average Bonchev–Trinajstić information content (AvgIpc) is 2.89. The highest BCUT2D eigenvalue weighted by molar-refractivity contribution is 5.96. The van der Waals surface area contributed by atoms with Gasteiger partial charge in [0, 0.05) is 31.9 Å². The number of aromatic nitrogens is 1. The topological polar surface area (TPSA) is 63.7 Å². The van der Waals surface area contributed by atoms with Crippen molar-refractivity contribution in [3.63, 3.8) is 0 Å². The van der Waals surface area contributed by atoms with Gasteiger partial charge in [0.05, 0.1) is 17.9 Å². The van der Waals surface area contributed by atoms with Crippen LogP contribution in [0.1, 0.15) is 40.0 Å². The predicted molar refractivity (Wildman–Crippen MR) is 138 cm³/mol. The van der Waals surface area contributed by atoms with Gasteiger partial charge in [0.15, 0.2) is 0 Å². The van der Waals surface area contributed by atoms with Crippen molar-refractivity contribution >= 4 is 5.91 Å². The van der Waals surface area contributed by atoms with Gasteiger partial charge < -0.3 is 14.8 Å². The molecule has 0 bridgehead atoms. The predicted octanol–water partition coefficient (Wildman–Crippen LogP) is 4.42. The van der Waals surface area contributed by atoms with Gasteiger partial charge in [-0.3, -0.25) is 14.7 Å². The van der Waals surface area contributed by atoms with Crippen LogP contribution >= 0.6 is 0 Å². The molecule has 2 heterocycles. The van der Waals surface area contributed by atoms with E-state index in [4.69, 9.17) is 9.47 Å². The smallest absolute Gasteiger partial charge is 0.255 e. The standard InChI is InChI=1S/C29H35N3O3/c1-23-10-9-15-30-27(23)21-32-17-7-8-18-34-19-16-31-29(33)26-13-5-6-14-28(26)35-22-25(32)20-24-11-3-2-4-12-24/h2-6,9-15,25H,7-8,16-22H2,1H3,(H,31,33)/t25-/m0/s1. The highest BCUT2D eigenvalue weighted by atomic mass is 16.5. The Kier molecular flexibility index (Phi) is 9.26. The summed E-state index contributed by atoms with van der Waals surface area (Å²) in [5, 5.41) is 2.94. The van der Waals surface area contributed by atoms with E-state index in [0.29, 0.717) is 37.7 Å². The maximum atomic E-state index is 12.8. The number of aryl methyl sites for hydroxylation is 1. The second kappa shape index (κ2) is 13.0.